The van der Waals surface area contributed by atoms with Gasteiger partial charge in [-0.2, -0.15) is 0 Å². The van der Waals surface area contributed by atoms with E-state index >= 15 is 0 Å². The first kappa shape index (κ1) is 33.0. The molecule has 30 heavy (non-hydrogen) atoms. The average molecular weight is 457 g/mol. The molecule has 0 rings (SSSR count). The number of unbranched alkanes of at least 4 members (excludes halogenated alkanes) is 18. The summed E-state index contributed by atoms with van der Waals surface area (Å²) in [4.78, 5) is 0. The predicted molar refractivity (Wildman–Crippen MR) is 123 cm³/mol. The molecular formula is C24H49NaO4S. The Kier molecular flexibility index (Phi) is 27.0. The van der Waals surface area contributed by atoms with Crippen LogP contribution < -0.4 is 29.6 Å². The molecule has 0 aromatic carbocycles. The Balaban J connectivity index is 0. The summed E-state index contributed by atoms with van der Waals surface area (Å²) in [5, 5.41) is 9.51. The molecule has 0 fully saturated rings. The molecule has 1 unspecified atom stereocenters. The molecule has 0 amide bonds. The molecule has 0 aliphatic carbocycles. The van der Waals surface area contributed by atoms with Crippen molar-refractivity contribution in [2.75, 3.05) is 5.75 Å². The van der Waals surface area contributed by atoms with Gasteiger partial charge in [-0.15, -0.1) is 0 Å². The molecule has 0 aliphatic rings. The van der Waals surface area contributed by atoms with Gasteiger partial charge >= 0.3 is 29.6 Å². The van der Waals surface area contributed by atoms with E-state index in [4.69, 9.17) is 0 Å². The molecule has 0 aromatic heterocycles. The van der Waals surface area contributed by atoms with Gasteiger partial charge in [0.1, 0.15) is 0 Å². The van der Waals surface area contributed by atoms with Crippen LogP contribution in [0.2, 0.25) is 0 Å². The molecular weight excluding hydrogens is 407 g/mol. The standard InChI is InChI=1S/C24H50O4S.Na/c1-2-24(25)22-20-18-16-14-12-10-8-6-4-3-5-7-9-11-13-15-17-19-21-23-29(26,27)28;/h24-25H,2-23H2,1H3,(H,26,27,28);/q;+1/p-1. The molecule has 0 heterocycles. The second kappa shape index (κ2) is 24.5. The SMILES string of the molecule is CCC(O)CCCCCCCCCCCCCCCCCCCCCS(=O)(=O)[O-].[Na+]. The van der Waals surface area contributed by atoms with Crippen molar-refractivity contribution >= 4 is 10.1 Å². The molecule has 1 atom stereocenters. The Bertz CT molecular complexity index is 429. The van der Waals surface area contributed by atoms with E-state index in [1.165, 1.54) is 103 Å². The largest absolute Gasteiger partial charge is 1.00 e. The fourth-order valence-corrected chi connectivity index (χ4v) is 4.43. The quantitative estimate of drug-likeness (QED) is 0.143. The van der Waals surface area contributed by atoms with Gasteiger partial charge in [0.15, 0.2) is 0 Å². The van der Waals surface area contributed by atoms with Gasteiger partial charge in [0.05, 0.1) is 16.2 Å². The van der Waals surface area contributed by atoms with E-state index in [1.807, 2.05) is 0 Å². The molecule has 176 valence electrons. The minimum Gasteiger partial charge on any atom is -0.748 e. The zero-order valence-electron chi connectivity index (χ0n) is 20.2. The van der Waals surface area contributed by atoms with E-state index in [2.05, 4.69) is 6.92 Å². The van der Waals surface area contributed by atoms with Crippen LogP contribution in [-0.4, -0.2) is 29.9 Å². The van der Waals surface area contributed by atoms with E-state index in [0.29, 0.717) is 6.42 Å². The zero-order chi connectivity index (χ0) is 21.6. The monoisotopic (exact) mass is 456 g/mol. The van der Waals surface area contributed by atoms with Crippen molar-refractivity contribution < 1.29 is 47.6 Å². The zero-order valence-corrected chi connectivity index (χ0v) is 23.0. The Hall–Kier alpha value is 0.870. The van der Waals surface area contributed by atoms with Crippen LogP contribution >= 0.6 is 0 Å². The second-order valence-electron chi connectivity index (χ2n) is 8.83. The van der Waals surface area contributed by atoms with Crippen LogP contribution in [0.3, 0.4) is 0 Å². The molecule has 0 saturated carbocycles. The number of aliphatic hydroxyl groups is 1. The molecule has 0 aliphatic heterocycles. The van der Waals surface area contributed by atoms with E-state index < -0.39 is 10.1 Å². The summed E-state index contributed by atoms with van der Waals surface area (Å²) in [6.45, 7) is 2.05. The Labute approximate surface area is 210 Å². The molecule has 0 radical (unpaired) electrons. The molecule has 1 N–H and O–H groups in total. The van der Waals surface area contributed by atoms with Crippen LogP contribution in [0.15, 0.2) is 0 Å². The van der Waals surface area contributed by atoms with Gasteiger partial charge in [0.25, 0.3) is 0 Å². The van der Waals surface area contributed by atoms with Crippen LogP contribution in [0.4, 0.5) is 0 Å². The summed E-state index contributed by atoms with van der Waals surface area (Å²) in [6, 6.07) is 0. The normalized spacial score (nSPS) is 12.6. The van der Waals surface area contributed by atoms with Crippen molar-refractivity contribution in [1.29, 1.82) is 0 Å². The molecule has 0 spiro atoms. The third-order valence-corrected chi connectivity index (χ3v) is 6.69. The van der Waals surface area contributed by atoms with Crippen LogP contribution in [-0.2, 0) is 10.1 Å². The first-order valence-electron chi connectivity index (χ1n) is 12.6. The van der Waals surface area contributed by atoms with Crippen molar-refractivity contribution in [2.24, 2.45) is 0 Å². The van der Waals surface area contributed by atoms with E-state index in [9.17, 15) is 18.1 Å². The smallest absolute Gasteiger partial charge is 0.748 e. The van der Waals surface area contributed by atoms with Crippen LogP contribution in [0.5, 0.6) is 0 Å². The maximum atomic E-state index is 10.5. The fraction of sp³-hybridized carbons (Fsp3) is 1.00. The Morgan fingerprint density at radius 3 is 1.13 bits per heavy atom. The van der Waals surface area contributed by atoms with E-state index in [1.54, 1.807) is 0 Å². The van der Waals surface area contributed by atoms with Crippen LogP contribution in [0, 0.1) is 0 Å². The maximum absolute atomic E-state index is 10.5. The molecule has 0 saturated heterocycles. The summed E-state index contributed by atoms with van der Waals surface area (Å²) >= 11 is 0. The number of hydrogen-bond acceptors (Lipinski definition) is 4. The number of aliphatic hydroxyl groups excluding tert-OH is 1. The molecule has 4 nitrogen and oxygen atoms in total. The summed E-state index contributed by atoms with van der Waals surface area (Å²) < 4.78 is 31.5. The first-order chi connectivity index (χ1) is 14.0. The minimum absolute atomic E-state index is 0. The van der Waals surface area contributed by atoms with Crippen molar-refractivity contribution in [2.45, 2.75) is 148 Å². The molecule has 0 bridgehead atoms. The summed E-state index contributed by atoms with van der Waals surface area (Å²) in [7, 11) is -4.01. The summed E-state index contributed by atoms with van der Waals surface area (Å²) in [6.07, 6.45) is 25.4. The maximum Gasteiger partial charge on any atom is 1.00 e. The Morgan fingerprint density at radius 1 is 0.600 bits per heavy atom. The van der Waals surface area contributed by atoms with Crippen LogP contribution in [0.25, 0.3) is 0 Å². The Morgan fingerprint density at radius 2 is 0.867 bits per heavy atom. The van der Waals surface area contributed by atoms with Crippen LogP contribution in [0.1, 0.15) is 142 Å². The summed E-state index contributed by atoms with van der Waals surface area (Å²) in [5.74, 6) is -0.197. The van der Waals surface area contributed by atoms with Crippen molar-refractivity contribution in [3.05, 3.63) is 0 Å². The third kappa shape index (κ3) is 28.9. The van der Waals surface area contributed by atoms with Crippen molar-refractivity contribution in [3.63, 3.8) is 0 Å². The van der Waals surface area contributed by atoms with E-state index in [0.717, 1.165) is 25.7 Å². The van der Waals surface area contributed by atoms with Gasteiger partial charge in [0.2, 0.25) is 0 Å². The summed E-state index contributed by atoms with van der Waals surface area (Å²) in [5.41, 5.74) is 0. The van der Waals surface area contributed by atoms with E-state index in [-0.39, 0.29) is 41.4 Å². The van der Waals surface area contributed by atoms with Gasteiger partial charge in [-0.3, -0.25) is 0 Å². The minimum atomic E-state index is -4.01. The van der Waals surface area contributed by atoms with Gasteiger partial charge in [-0.1, -0.05) is 122 Å². The second-order valence-corrected chi connectivity index (χ2v) is 10.4. The third-order valence-electron chi connectivity index (χ3n) is 5.90. The van der Waals surface area contributed by atoms with Gasteiger partial charge < -0.3 is 9.66 Å². The van der Waals surface area contributed by atoms with Crippen molar-refractivity contribution in [3.8, 4) is 0 Å². The van der Waals surface area contributed by atoms with Gasteiger partial charge in [-0.05, 0) is 19.3 Å². The molecule has 0 aromatic rings. The first-order valence-corrected chi connectivity index (χ1v) is 14.1. The average Bonchev–Trinajstić information content (AvgIpc) is 2.68. The molecule has 6 heteroatoms. The van der Waals surface area contributed by atoms with Crippen molar-refractivity contribution in [1.82, 2.24) is 0 Å². The van der Waals surface area contributed by atoms with Gasteiger partial charge in [0, 0.05) is 5.75 Å². The van der Waals surface area contributed by atoms with Gasteiger partial charge in [-0.25, -0.2) is 8.42 Å². The topological polar surface area (TPSA) is 77.4 Å². The number of hydrogen-bond donors (Lipinski definition) is 1. The predicted octanol–water partition coefficient (Wildman–Crippen LogP) is 4.11. The number of rotatable bonds is 23. The fourth-order valence-electron chi connectivity index (χ4n) is 3.87.